The normalized spacial score (nSPS) is 19.8. The first-order chi connectivity index (χ1) is 21.5. The molecule has 2 fully saturated rings. The number of carbonyl (C=O) groups excluding carboxylic acids is 3. The molecule has 1 aromatic carbocycles. The second kappa shape index (κ2) is 11.9. The van der Waals surface area contributed by atoms with E-state index in [1.54, 1.807) is 7.05 Å². The molecule has 0 radical (unpaired) electrons. The van der Waals surface area contributed by atoms with E-state index in [4.69, 9.17) is 5.73 Å². The SMILES string of the molecule is Cn1nnnc1SCC1=C(C(=O)O)N2C(=O)C(NC(=O)C(c3ccc(O)cc3)N(C(N)=O)c3cnc(C4CC4)[nH]c3=O)[C@@H]2SC1. The Kier molecular flexibility index (Phi) is 7.96. The van der Waals surface area contributed by atoms with Crippen LogP contribution in [0.4, 0.5) is 10.5 Å². The summed E-state index contributed by atoms with van der Waals surface area (Å²) in [6, 6.07) is 1.51. The average molecular weight is 655 g/mol. The number of carboxylic acids is 1. The number of hydrogen-bond acceptors (Lipinski definition) is 12. The third-order valence-electron chi connectivity index (χ3n) is 7.48. The number of aryl methyl sites for hydroxylation is 1. The molecule has 1 saturated carbocycles. The summed E-state index contributed by atoms with van der Waals surface area (Å²) in [6.07, 6.45) is 2.90. The molecule has 0 spiro atoms. The molecular formula is C26H26N10O7S2. The van der Waals surface area contributed by atoms with Gasteiger partial charge in [0.1, 0.15) is 40.4 Å². The van der Waals surface area contributed by atoms with Gasteiger partial charge in [-0.1, -0.05) is 23.9 Å². The lowest BCUT2D eigenvalue weighted by Gasteiger charge is -2.49. The highest BCUT2D eigenvalue weighted by Gasteiger charge is 2.55. The number of aromatic amines is 1. The van der Waals surface area contributed by atoms with Crippen LogP contribution in [0.2, 0.25) is 0 Å². The predicted molar refractivity (Wildman–Crippen MR) is 159 cm³/mol. The number of carboxylic acid groups (broad SMARTS) is 1. The van der Waals surface area contributed by atoms with Gasteiger partial charge in [0, 0.05) is 24.5 Å². The zero-order chi connectivity index (χ0) is 32.0. The van der Waals surface area contributed by atoms with Crippen LogP contribution < -0.4 is 21.5 Å². The molecule has 2 aliphatic heterocycles. The number of urea groups is 1. The Morgan fingerprint density at radius 1 is 1.24 bits per heavy atom. The largest absolute Gasteiger partial charge is 0.508 e. The van der Waals surface area contributed by atoms with E-state index in [2.05, 4.69) is 30.8 Å². The molecular weight excluding hydrogens is 628 g/mol. The Morgan fingerprint density at radius 3 is 2.58 bits per heavy atom. The number of amides is 4. The topological polar surface area (TPSA) is 243 Å². The highest BCUT2D eigenvalue weighted by Crippen LogP contribution is 2.42. The highest BCUT2D eigenvalue weighted by atomic mass is 32.2. The Hall–Kier alpha value is -4.91. The van der Waals surface area contributed by atoms with E-state index in [0.29, 0.717) is 16.6 Å². The van der Waals surface area contributed by atoms with Crippen LogP contribution in [0.15, 0.2) is 51.7 Å². The Labute approximate surface area is 262 Å². The number of rotatable bonds is 10. The molecule has 1 saturated heterocycles. The van der Waals surface area contributed by atoms with Gasteiger partial charge in [-0.05, 0) is 46.5 Å². The van der Waals surface area contributed by atoms with E-state index in [0.717, 1.165) is 22.6 Å². The van der Waals surface area contributed by atoms with Crippen molar-refractivity contribution in [3.63, 3.8) is 0 Å². The number of β-lactam (4-membered cyclic amide) rings is 1. The van der Waals surface area contributed by atoms with Crippen molar-refractivity contribution in [3.05, 3.63) is 63.5 Å². The number of phenols is 1. The number of benzene rings is 1. The van der Waals surface area contributed by atoms with E-state index in [1.165, 1.54) is 58.7 Å². The van der Waals surface area contributed by atoms with Crippen molar-refractivity contribution in [2.75, 3.05) is 16.4 Å². The molecule has 4 amide bonds. The minimum absolute atomic E-state index is 0.109. The number of H-pyrrole nitrogens is 1. The van der Waals surface area contributed by atoms with Gasteiger partial charge in [0.05, 0.1) is 6.20 Å². The van der Waals surface area contributed by atoms with Crippen LogP contribution in [0.3, 0.4) is 0 Å². The number of nitrogens with one attached hydrogen (secondary N) is 2. The lowest BCUT2D eigenvalue weighted by Crippen LogP contribution is -2.71. The summed E-state index contributed by atoms with van der Waals surface area (Å²) in [4.78, 5) is 74.3. The summed E-state index contributed by atoms with van der Waals surface area (Å²) < 4.78 is 1.44. The quantitative estimate of drug-likeness (QED) is 0.143. The number of anilines is 1. The van der Waals surface area contributed by atoms with Gasteiger partial charge in [-0.3, -0.25) is 24.2 Å². The van der Waals surface area contributed by atoms with Crippen molar-refractivity contribution < 1.29 is 29.4 Å². The van der Waals surface area contributed by atoms with E-state index in [1.807, 2.05) is 0 Å². The van der Waals surface area contributed by atoms with Gasteiger partial charge in [-0.25, -0.2) is 19.3 Å². The van der Waals surface area contributed by atoms with E-state index < -0.39 is 46.8 Å². The number of primary amides is 1. The number of aliphatic carboxylic acids is 1. The molecule has 2 unspecified atom stereocenters. The maximum absolute atomic E-state index is 13.9. The third kappa shape index (κ3) is 5.70. The van der Waals surface area contributed by atoms with Crippen LogP contribution in [0, 0.1) is 0 Å². The Balaban J connectivity index is 1.27. The first kappa shape index (κ1) is 30.1. The van der Waals surface area contributed by atoms with Crippen molar-refractivity contribution in [1.29, 1.82) is 0 Å². The number of aromatic hydroxyl groups is 1. The number of fused-ring (bicyclic) bond motifs is 1. The molecule has 2 aromatic heterocycles. The molecule has 4 heterocycles. The summed E-state index contributed by atoms with van der Waals surface area (Å²) >= 11 is 2.48. The van der Waals surface area contributed by atoms with E-state index in [-0.39, 0.29) is 40.1 Å². The number of tetrazole rings is 1. The standard InChI is InChI=1S/C26H26N10O7S2/c1-34-26(31-32-33-34)45-10-13-9-44-23-16(22(40)36(23)18(13)24(41)42)29-21(39)17(11-4-6-14(37)7-5-11)35(25(27)43)15-8-28-19(12-2-3-12)30-20(15)38/h4-8,12,16-17,23,37H,2-3,9-10H2,1H3,(H2,27,43)(H,29,39)(H,41,42)(H,28,30,38)/t16?,17?,23-/m0/s1. The smallest absolute Gasteiger partial charge is 0.352 e. The minimum atomic E-state index is -1.55. The van der Waals surface area contributed by atoms with Crippen molar-refractivity contribution >= 4 is 53.0 Å². The van der Waals surface area contributed by atoms with Gasteiger partial charge in [0.15, 0.2) is 0 Å². The molecule has 1 aliphatic carbocycles. The second-order valence-corrected chi connectivity index (χ2v) is 12.5. The lowest BCUT2D eigenvalue weighted by molar-refractivity contribution is -0.150. The van der Waals surface area contributed by atoms with Crippen LogP contribution in [-0.2, 0) is 21.4 Å². The molecule has 6 rings (SSSR count). The molecule has 234 valence electrons. The van der Waals surface area contributed by atoms with Crippen molar-refractivity contribution in [1.82, 2.24) is 40.4 Å². The van der Waals surface area contributed by atoms with E-state index >= 15 is 0 Å². The van der Waals surface area contributed by atoms with Crippen LogP contribution in [0.1, 0.15) is 36.2 Å². The molecule has 0 bridgehead atoms. The summed E-state index contributed by atoms with van der Waals surface area (Å²) in [6.45, 7) is 0. The zero-order valence-electron chi connectivity index (χ0n) is 23.5. The first-order valence-electron chi connectivity index (χ1n) is 13.6. The van der Waals surface area contributed by atoms with Crippen LogP contribution in [0.5, 0.6) is 5.75 Å². The van der Waals surface area contributed by atoms with Gasteiger partial charge in [-0.15, -0.1) is 16.9 Å². The number of phenolic OH excluding ortho intramolecular Hbond substituents is 1. The molecule has 19 heteroatoms. The van der Waals surface area contributed by atoms with Crippen LogP contribution in [-0.4, -0.2) is 92.0 Å². The second-order valence-electron chi connectivity index (χ2n) is 10.5. The highest BCUT2D eigenvalue weighted by molar-refractivity contribution is 8.01. The van der Waals surface area contributed by atoms with Gasteiger partial charge in [0.25, 0.3) is 11.5 Å². The van der Waals surface area contributed by atoms with Gasteiger partial charge >= 0.3 is 12.0 Å². The third-order valence-corrected chi connectivity index (χ3v) is 9.92. The molecule has 6 N–H and O–H groups in total. The fourth-order valence-corrected chi connectivity index (χ4v) is 7.45. The maximum atomic E-state index is 13.9. The maximum Gasteiger partial charge on any atom is 0.352 e. The van der Waals surface area contributed by atoms with E-state index in [9.17, 15) is 34.2 Å². The minimum Gasteiger partial charge on any atom is -0.508 e. The fraction of sp³-hybridized carbons (Fsp3) is 0.346. The number of thioether (sulfide) groups is 2. The Morgan fingerprint density at radius 2 is 1.98 bits per heavy atom. The number of nitrogens with two attached hydrogens (primary N) is 1. The zero-order valence-corrected chi connectivity index (χ0v) is 25.1. The number of aromatic nitrogens is 6. The van der Waals surface area contributed by atoms with Crippen molar-refractivity contribution in [3.8, 4) is 5.75 Å². The van der Waals surface area contributed by atoms with Crippen LogP contribution >= 0.6 is 23.5 Å². The Bertz CT molecular complexity index is 1790. The van der Waals surface area contributed by atoms with Gasteiger partial charge in [-0.2, -0.15) is 0 Å². The fourth-order valence-electron chi connectivity index (χ4n) is 5.12. The summed E-state index contributed by atoms with van der Waals surface area (Å²) in [7, 11) is 1.65. The monoisotopic (exact) mass is 654 g/mol. The number of hydrogen-bond donors (Lipinski definition) is 5. The molecule has 45 heavy (non-hydrogen) atoms. The summed E-state index contributed by atoms with van der Waals surface area (Å²) in [5.74, 6) is -1.89. The number of nitrogens with zero attached hydrogens (tertiary/aromatic N) is 7. The average Bonchev–Trinajstić information content (AvgIpc) is 3.78. The molecule has 17 nitrogen and oxygen atoms in total. The molecule has 3 aliphatic rings. The molecule has 3 atom stereocenters. The lowest BCUT2D eigenvalue weighted by atomic mass is 10.00. The van der Waals surface area contributed by atoms with Gasteiger partial charge < -0.3 is 26.2 Å². The van der Waals surface area contributed by atoms with Crippen molar-refractivity contribution in [2.45, 2.75) is 41.4 Å². The van der Waals surface area contributed by atoms with Gasteiger partial charge in [0.2, 0.25) is 11.1 Å². The van der Waals surface area contributed by atoms with Crippen molar-refractivity contribution in [2.24, 2.45) is 12.8 Å². The summed E-state index contributed by atoms with van der Waals surface area (Å²) in [5.41, 5.74) is 5.22. The molecule has 3 aromatic rings. The number of carbonyl (C=O) groups is 4. The summed E-state index contributed by atoms with van der Waals surface area (Å²) in [5, 5.41) is 33.4. The first-order valence-corrected chi connectivity index (χ1v) is 15.6. The van der Waals surface area contributed by atoms with Crippen LogP contribution in [0.25, 0.3) is 0 Å². The predicted octanol–water partition coefficient (Wildman–Crippen LogP) is 0.0337.